The highest BCUT2D eigenvalue weighted by Gasteiger charge is 2.33. The fourth-order valence-corrected chi connectivity index (χ4v) is 1.57. The maximum atomic E-state index is 11.9. The smallest absolute Gasteiger partial charge is 0.249 e. The molecular formula is C9H11N5O3. The van der Waals surface area contributed by atoms with Gasteiger partial charge in [0.25, 0.3) is 0 Å². The van der Waals surface area contributed by atoms with Gasteiger partial charge in [-0.3, -0.25) is 19.7 Å². The van der Waals surface area contributed by atoms with E-state index in [1.165, 1.54) is 22.0 Å². The van der Waals surface area contributed by atoms with E-state index in [1.54, 1.807) is 6.92 Å². The van der Waals surface area contributed by atoms with E-state index in [4.69, 9.17) is 0 Å². The van der Waals surface area contributed by atoms with E-state index in [9.17, 15) is 14.4 Å². The predicted octanol–water partition coefficient (Wildman–Crippen LogP) is -1.85. The van der Waals surface area contributed by atoms with E-state index >= 15 is 0 Å². The zero-order chi connectivity index (χ0) is 12.4. The minimum absolute atomic E-state index is 0.0368. The van der Waals surface area contributed by atoms with Crippen molar-refractivity contribution >= 4 is 17.7 Å². The minimum Gasteiger partial charge on any atom is -0.320 e. The van der Waals surface area contributed by atoms with Crippen molar-refractivity contribution in [2.45, 2.75) is 19.5 Å². The number of rotatable bonds is 2. The van der Waals surface area contributed by atoms with Crippen LogP contribution < -0.4 is 5.32 Å². The first-order valence-electron chi connectivity index (χ1n) is 5.05. The van der Waals surface area contributed by atoms with Crippen molar-refractivity contribution in [1.29, 1.82) is 0 Å². The van der Waals surface area contributed by atoms with Crippen molar-refractivity contribution in [1.82, 2.24) is 25.2 Å². The molecule has 1 saturated heterocycles. The zero-order valence-corrected chi connectivity index (χ0v) is 9.16. The van der Waals surface area contributed by atoms with E-state index in [-0.39, 0.29) is 19.0 Å². The van der Waals surface area contributed by atoms with Crippen molar-refractivity contribution in [2.75, 3.05) is 6.54 Å². The third kappa shape index (κ3) is 2.30. The SMILES string of the molecule is CC1C(=O)NC(=O)CN1C(=O)Cn1ccnn1. The van der Waals surface area contributed by atoms with Gasteiger partial charge in [-0.25, -0.2) is 4.68 Å². The molecule has 1 atom stereocenters. The average molecular weight is 237 g/mol. The Morgan fingerprint density at radius 3 is 3.00 bits per heavy atom. The van der Waals surface area contributed by atoms with Crippen LogP contribution in [0.2, 0.25) is 0 Å². The molecule has 8 heteroatoms. The Kier molecular flexibility index (Phi) is 2.86. The van der Waals surface area contributed by atoms with E-state index in [1.807, 2.05) is 0 Å². The largest absolute Gasteiger partial charge is 0.320 e. The lowest BCUT2D eigenvalue weighted by Gasteiger charge is -2.31. The molecule has 8 nitrogen and oxygen atoms in total. The Balaban J connectivity index is 2.07. The number of nitrogens with zero attached hydrogens (tertiary/aromatic N) is 4. The molecule has 3 amide bonds. The van der Waals surface area contributed by atoms with Crippen molar-refractivity contribution in [2.24, 2.45) is 0 Å². The number of hydrogen-bond donors (Lipinski definition) is 1. The summed E-state index contributed by atoms with van der Waals surface area (Å²) >= 11 is 0. The summed E-state index contributed by atoms with van der Waals surface area (Å²) in [5.41, 5.74) is 0. The van der Waals surface area contributed by atoms with Gasteiger partial charge in [0, 0.05) is 6.20 Å². The predicted molar refractivity (Wildman–Crippen MR) is 54.3 cm³/mol. The second-order valence-electron chi connectivity index (χ2n) is 3.71. The molecule has 90 valence electrons. The first-order chi connectivity index (χ1) is 8.08. The Hall–Kier alpha value is -2.25. The lowest BCUT2D eigenvalue weighted by Crippen LogP contribution is -2.59. The van der Waals surface area contributed by atoms with Crippen LogP contribution in [0.4, 0.5) is 0 Å². The number of imide groups is 1. The van der Waals surface area contributed by atoms with Crippen molar-refractivity contribution in [3.8, 4) is 0 Å². The first-order valence-corrected chi connectivity index (χ1v) is 5.05. The Morgan fingerprint density at radius 1 is 1.59 bits per heavy atom. The van der Waals surface area contributed by atoms with Gasteiger partial charge in [-0.1, -0.05) is 5.21 Å². The number of nitrogens with one attached hydrogen (secondary N) is 1. The fourth-order valence-electron chi connectivity index (χ4n) is 1.57. The molecule has 1 aliphatic heterocycles. The molecule has 1 aliphatic rings. The molecule has 1 aromatic rings. The normalized spacial score (nSPS) is 20.3. The standard InChI is InChI=1S/C9H11N5O3/c1-6-9(17)11-7(15)4-14(6)8(16)5-13-3-2-10-12-13/h2-3,6H,4-5H2,1H3,(H,11,15,17). The molecular weight excluding hydrogens is 226 g/mol. The summed E-state index contributed by atoms with van der Waals surface area (Å²) in [6, 6.07) is -0.649. The molecule has 1 fully saturated rings. The lowest BCUT2D eigenvalue weighted by atomic mass is 10.2. The van der Waals surface area contributed by atoms with Gasteiger partial charge in [0.1, 0.15) is 19.1 Å². The van der Waals surface area contributed by atoms with Crippen LogP contribution in [0, 0.1) is 0 Å². The van der Waals surface area contributed by atoms with Crippen LogP contribution in [0.3, 0.4) is 0 Å². The highest BCUT2D eigenvalue weighted by Crippen LogP contribution is 2.05. The summed E-state index contributed by atoms with van der Waals surface area (Å²) in [6.07, 6.45) is 2.99. The summed E-state index contributed by atoms with van der Waals surface area (Å²) in [5.74, 6) is -1.28. The van der Waals surface area contributed by atoms with Crippen molar-refractivity contribution in [3.63, 3.8) is 0 Å². The monoisotopic (exact) mass is 237 g/mol. The maximum Gasteiger partial charge on any atom is 0.249 e. The summed E-state index contributed by atoms with van der Waals surface area (Å²) < 4.78 is 1.34. The van der Waals surface area contributed by atoms with Gasteiger partial charge in [-0.15, -0.1) is 5.10 Å². The number of aromatic nitrogens is 3. The number of carbonyl (C=O) groups is 3. The molecule has 1 unspecified atom stereocenters. The van der Waals surface area contributed by atoms with Crippen LogP contribution >= 0.6 is 0 Å². The molecule has 2 heterocycles. The first kappa shape index (κ1) is 11.2. The molecule has 17 heavy (non-hydrogen) atoms. The number of carbonyl (C=O) groups excluding carboxylic acids is 3. The molecule has 0 saturated carbocycles. The molecule has 0 radical (unpaired) electrons. The number of hydrogen-bond acceptors (Lipinski definition) is 5. The third-order valence-electron chi connectivity index (χ3n) is 2.51. The van der Waals surface area contributed by atoms with Gasteiger partial charge < -0.3 is 4.90 Å². The topological polar surface area (TPSA) is 97.2 Å². The number of piperazine rings is 1. The highest BCUT2D eigenvalue weighted by molar-refractivity contribution is 6.04. The molecule has 2 rings (SSSR count). The van der Waals surface area contributed by atoms with Crippen molar-refractivity contribution < 1.29 is 14.4 Å². The van der Waals surface area contributed by atoms with Crippen LogP contribution in [0.15, 0.2) is 12.4 Å². The minimum atomic E-state index is -0.649. The van der Waals surface area contributed by atoms with E-state index in [0.29, 0.717) is 0 Å². The van der Waals surface area contributed by atoms with Gasteiger partial charge in [-0.05, 0) is 6.92 Å². The van der Waals surface area contributed by atoms with Crippen LogP contribution in [0.1, 0.15) is 6.92 Å². The second kappa shape index (κ2) is 4.32. The average Bonchev–Trinajstić information content (AvgIpc) is 2.76. The van der Waals surface area contributed by atoms with Crippen molar-refractivity contribution in [3.05, 3.63) is 12.4 Å². The molecule has 0 bridgehead atoms. The summed E-state index contributed by atoms with van der Waals surface area (Å²) in [4.78, 5) is 35.6. The third-order valence-corrected chi connectivity index (χ3v) is 2.51. The molecule has 1 N–H and O–H groups in total. The quantitative estimate of drug-likeness (QED) is 0.609. The highest BCUT2D eigenvalue weighted by atomic mass is 16.2. The van der Waals surface area contributed by atoms with Gasteiger partial charge in [0.15, 0.2) is 0 Å². The molecule has 0 spiro atoms. The van der Waals surface area contributed by atoms with Crippen LogP contribution in [-0.2, 0) is 20.9 Å². The van der Waals surface area contributed by atoms with Crippen LogP contribution in [-0.4, -0.2) is 50.2 Å². The summed E-state index contributed by atoms with van der Waals surface area (Å²) in [5, 5.41) is 9.38. The molecule has 0 aromatic carbocycles. The van der Waals surface area contributed by atoms with E-state index in [0.717, 1.165) is 0 Å². The Morgan fingerprint density at radius 2 is 2.35 bits per heavy atom. The van der Waals surface area contributed by atoms with Crippen LogP contribution in [0.25, 0.3) is 0 Å². The second-order valence-corrected chi connectivity index (χ2v) is 3.71. The molecule has 0 aliphatic carbocycles. The zero-order valence-electron chi connectivity index (χ0n) is 9.16. The fraction of sp³-hybridized carbons (Fsp3) is 0.444. The lowest BCUT2D eigenvalue weighted by molar-refractivity contribution is -0.149. The van der Waals surface area contributed by atoms with E-state index in [2.05, 4.69) is 15.6 Å². The Bertz CT molecular complexity index is 455. The van der Waals surface area contributed by atoms with E-state index < -0.39 is 17.9 Å². The summed E-state index contributed by atoms with van der Waals surface area (Å²) in [7, 11) is 0. The van der Waals surface area contributed by atoms with Gasteiger partial charge in [0.2, 0.25) is 17.7 Å². The van der Waals surface area contributed by atoms with Gasteiger partial charge in [-0.2, -0.15) is 0 Å². The maximum absolute atomic E-state index is 11.9. The van der Waals surface area contributed by atoms with Crippen LogP contribution in [0.5, 0.6) is 0 Å². The number of amides is 3. The Labute approximate surface area is 96.6 Å². The molecule has 1 aromatic heterocycles. The van der Waals surface area contributed by atoms with Gasteiger partial charge >= 0.3 is 0 Å². The summed E-state index contributed by atoms with van der Waals surface area (Å²) in [6.45, 7) is 1.42. The van der Waals surface area contributed by atoms with Gasteiger partial charge in [0.05, 0.1) is 6.20 Å².